The monoisotopic (exact) mass is 354 g/mol. The van der Waals surface area contributed by atoms with Gasteiger partial charge in [0.1, 0.15) is 0 Å². The van der Waals surface area contributed by atoms with E-state index in [4.69, 9.17) is 5.73 Å². The van der Waals surface area contributed by atoms with Crippen LogP contribution in [0.15, 0.2) is 4.99 Å². The first kappa shape index (κ1) is 17.0. The Bertz CT molecular complexity index is 231. The zero-order chi connectivity index (χ0) is 12.0. The van der Waals surface area contributed by atoms with Crippen LogP contribution < -0.4 is 11.1 Å². The molecule has 1 aliphatic rings. The molecule has 4 nitrogen and oxygen atoms in total. The predicted molar refractivity (Wildman–Crippen MR) is 85.0 cm³/mol. The zero-order valence-electron chi connectivity index (χ0n) is 11.3. The van der Waals surface area contributed by atoms with Crippen LogP contribution in [0, 0.1) is 11.8 Å². The molecule has 1 aliphatic heterocycles. The number of nitrogens with two attached hydrogens (primary N) is 1. The molecule has 17 heavy (non-hydrogen) atoms. The Kier molecular flexibility index (Phi) is 8.94. The van der Waals surface area contributed by atoms with Gasteiger partial charge in [-0.25, -0.2) is 0 Å². The quantitative estimate of drug-likeness (QED) is 0.447. The van der Waals surface area contributed by atoms with Gasteiger partial charge in [-0.2, -0.15) is 0 Å². The molecule has 1 fully saturated rings. The smallest absolute Gasteiger partial charge is 0.188 e. The minimum Gasteiger partial charge on any atom is -0.370 e. The summed E-state index contributed by atoms with van der Waals surface area (Å²) in [6.07, 6.45) is 1.28. The molecule has 1 rings (SSSR count). The Hall–Kier alpha value is -0.0400. The van der Waals surface area contributed by atoms with Gasteiger partial charge >= 0.3 is 0 Å². The molecule has 1 saturated heterocycles. The van der Waals surface area contributed by atoms with Crippen molar-refractivity contribution < 1.29 is 0 Å². The van der Waals surface area contributed by atoms with E-state index in [1.54, 1.807) is 0 Å². The van der Waals surface area contributed by atoms with Gasteiger partial charge in [0, 0.05) is 19.6 Å². The van der Waals surface area contributed by atoms with E-state index in [-0.39, 0.29) is 24.0 Å². The van der Waals surface area contributed by atoms with Crippen molar-refractivity contribution >= 4 is 29.9 Å². The van der Waals surface area contributed by atoms with Gasteiger partial charge in [0.25, 0.3) is 0 Å². The fourth-order valence-electron chi connectivity index (χ4n) is 1.95. The molecule has 0 amide bonds. The Balaban J connectivity index is 0.00000256. The van der Waals surface area contributed by atoms with Crippen LogP contribution in [-0.2, 0) is 0 Å². The lowest BCUT2D eigenvalue weighted by atomic mass is 10.1. The molecule has 1 unspecified atom stereocenters. The number of likely N-dealkylation sites (tertiary alicyclic amines) is 1. The van der Waals surface area contributed by atoms with E-state index in [0.29, 0.717) is 11.9 Å². The van der Waals surface area contributed by atoms with E-state index < -0.39 is 0 Å². The molecule has 0 aromatic rings. The van der Waals surface area contributed by atoms with Crippen LogP contribution in [0.25, 0.3) is 0 Å². The second kappa shape index (κ2) is 8.97. The third-order valence-electron chi connectivity index (χ3n) is 3.02. The summed E-state index contributed by atoms with van der Waals surface area (Å²) in [5, 5.41) is 3.23. The number of hydrogen-bond donors (Lipinski definition) is 2. The highest BCUT2D eigenvalue weighted by molar-refractivity contribution is 14.0. The fourth-order valence-corrected chi connectivity index (χ4v) is 1.95. The Morgan fingerprint density at radius 3 is 2.76 bits per heavy atom. The highest BCUT2D eigenvalue weighted by Crippen LogP contribution is 2.14. The average molecular weight is 354 g/mol. The lowest BCUT2D eigenvalue weighted by Crippen LogP contribution is -2.36. The zero-order valence-corrected chi connectivity index (χ0v) is 13.6. The minimum atomic E-state index is 0. The van der Waals surface area contributed by atoms with Crippen molar-refractivity contribution in [1.82, 2.24) is 10.2 Å². The summed E-state index contributed by atoms with van der Waals surface area (Å²) in [6.45, 7) is 11.9. The molecule has 0 bridgehead atoms. The van der Waals surface area contributed by atoms with E-state index in [2.05, 4.69) is 36.0 Å². The van der Waals surface area contributed by atoms with Crippen molar-refractivity contribution in [3.05, 3.63) is 0 Å². The van der Waals surface area contributed by atoms with Gasteiger partial charge in [-0.1, -0.05) is 20.8 Å². The van der Waals surface area contributed by atoms with Crippen molar-refractivity contribution in [3.8, 4) is 0 Å². The molecular formula is C12H27IN4. The summed E-state index contributed by atoms with van der Waals surface area (Å²) < 4.78 is 0. The second-order valence-electron chi connectivity index (χ2n) is 5.05. The summed E-state index contributed by atoms with van der Waals surface area (Å²) in [7, 11) is 0. The van der Waals surface area contributed by atoms with E-state index in [0.717, 1.165) is 25.6 Å². The van der Waals surface area contributed by atoms with Crippen molar-refractivity contribution in [2.45, 2.75) is 27.2 Å². The van der Waals surface area contributed by atoms with Crippen LogP contribution in [0.2, 0.25) is 0 Å². The van der Waals surface area contributed by atoms with E-state index in [1.165, 1.54) is 19.5 Å². The van der Waals surface area contributed by atoms with Gasteiger partial charge in [0.15, 0.2) is 5.96 Å². The van der Waals surface area contributed by atoms with Gasteiger partial charge in [-0.05, 0) is 31.3 Å². The first-order chi connectivity index (χ1) is 7.61. The Morgan fingerprint density at radius 1 is 1.53 bits per heavy atom. The van der Waals surface area contributed by atoms with Crippen LogP contribution in [0.1, 0.15) is 27.2 Å². The average Bonchev–Trinajstić information content (AvgIpc) is 2.71. The number of hydrogen-bond acceptors (Lipinski definition) is 2. The largest absolute Gasteiger partial charge is 0.370 e. The van der Waals surface area contributed by atoms with Crippen molar-refractivity contribution in [1.29, 1.82) is 0 Å². The van der Waals surface area contributed by atoms with Gasteiger partial charge in [-0.15, -0.1) is 24.0 Å². The number of nitrogens with zero attached hydrogens (tertiary/aromatic N) is 2. The van der Waals surface area contributed by atoms with E-state index in [9.17, 15) is 0 Å². The molecule has 3 N–H and O–H groups in total. The highest BCUT2D eigenvalue weighted by Gasteiger charge is 2.20. The standard InChI is InChI=1S/C12H26N4.HI/c1-4-16-6-5-11(9-16)8-15-12(13)14-7-10(2)3;/h10-11H,4-9H2,1-3H3,(H3,13,14,15);1H. The molecule has 0 aliphatic carbocycles. The lowest BCUT2D eigenvalue weighted by Gasteiger charge is -2.14. The molecule has 0 radical (unpaired) electrons. The second-order valence-corrected chi connectivity index (χ2v) is 5.05. The molecule has 0 aromatic heterocycles. The SMILES string of the molecule is CCN1CCC(CNC(N)=NCC(C)C)C1.I. The summed E-state index contributed by atoms with van der Waals surface area (Å²) in [6, 6.07) is 0. The fraction of sp³-hybridized carbons (Fsp3) is 0.917. The molecule has 5 heteroatoms. The van der Waals surface area contributed by atoms with E-state index in [1.807, 2.05) is 0 Å². The predicted octanol–water partition coefficient (Wildman–Crippen LogP) is 1.51. The van der Waals surface area contributed by atoms with Crippen LogP contribution in [0.4, 0.5) is 0 Å². The summed E-state index contributed by atoms with van der Waals surface area (Å²) >= 11 is 0. The van der Waals surface area contributed by atoms with E-state index >= 15 is 0 Å². The molecular weight excluding hydrogens is 327 g/mol. The Morgan fingerprint density at radius 2 is 2.24 bits per heavy atom. The number of nitrogens with one attached hydrogen (secondary N) is 1. The molecule has 1 heterocycles. The third kappa shape index (κ3) is 7.08. The molecule has 0 spiro atoms. The van der Waals surface area contributed by atoms with Crippen molar-refractivity contribution in [2.24, 2.45) is 22.6 Å². The lowest BCUT2D eigenvalue weighted by molar-refractivity contribution is 0.342. The van der Waals surface area contributed by atoms with Crippen molar-refractivity contribution in [3.63, 3.8) is 0 Å². The minimum absolute atomic E-state index is 0. The summed E-state index contributed by atoms with van der Waals surface area (Å²) in [5.41, 5.74) is 5.79. The molecule has 102 valence electrons. The third-order valence-corrected chi connectivity index (χ3v) is 3.02. The van der Waals surface area contributed by atoms with Crippen molar-refractivity contribution in [2.75, 3.05) is 32.7 Å². The van der Waals surface area contributed by atoms with Gasteiger partial charge in [-0.3, -0.25) is 4.99 Å². The molecule has 0 aromatic carbocycles. The number of halogens is 1. The maximum atomic E-state index is 5.79. The number of guanidine groups is 1. The number of rotatable bonds is 5. The molecule has 0 saturated carbocycles. The van der Waals surface area contributed by atoms with Gasteiger partial charge in [0.05, 0.1) is 0 Å². The maximum absolute atomic E-state index is 5.79. The van der Waals surface area contributed by atoms with Gasteiger partial charge in [0.2, 0.25) is 0 Å². The normalized spacial score (nSPS) is 21.6. The Labute approximate surface area is 122 Å². The van der Waals surface area contributed by atoms with Crippen LogP contribution in [-0.4, -0.2) is 43.6 Å². The number of aliphatic imine (C=N–C) groups is 1. The van der Waals surface area contributed by atoms with Crippen LogP contribution in [0.3, 0.4) is 0 Å². The maximum Gasteiger partial charge on any atom is 0.188 e. The van der Waals surface area contributed by atoms with Crippen LogP contribution in [0.5, 0.6) is 0 Å². The first-order valence-electron chi connectivity index (χ1n) is 6.38. The summed E-state index contributed by atoms with van der Waals surface area (Å²) in [4.78, 5) is 6.77. The molecule has 1 atom stereocenters. The highest BCUT2D eigenvalue weighted by atomic mass is 127. The first-order valence-corrected chi connectivity index (χ1v) is 6.38. The van der Waals surface area contributed by atoms with Crippen LogP contribution >= 0.6 is 24.0 Å². The topological polar surface area (TPSA) is 53.6 Å². The summed E-state index contributed by atoms with van der Waals surface area (Å²) in [5.74, 6) is 1.90. The van der Waals surface area contributed by atoms with Gasteiger partial charge < -0.3 is 16.0 Å².